The fourth-order valence-corrected chi connectivity index (χ4v) is 0.422. The van der Waals surface area contributed by atoms with Gasteiger partial charge in [-0.2, -0.15) is 0 Å². The van der Waals surface area contributed by atoms with E-state index >= 15 is 0 Å². The zero-order valence-corrected chi connectivity index (χ0v) is 7.70. The molecule has 0 bridgehead atoms. The Balaban J connectivity index is 3.69. The molecule has 0 fully saturated rings. The van der Waals surface area contributed by atoms with Crippen molar-refractivity contribution in [2.45, 2.75) is 13.2 Å². The van der Waals surface area contributed by atoms with Crippen LogP contribution < -0.4 is 0 Å². The number of carbonyl (C=O) groups excluding carboxylic acids is 1. The number of nitrogens with zero attached hydrogens (tertiary/aromatic N) is 1. The molecular weight excluding hydrogens is 158 g/mol. The lowest BCUT2D eigenvalue weighted by Gasteiger charge is -2.17. The van der Waals surface area contributed by atoms with E-state index in [1.54, 1.807) is 25.9 Å². The quantitative estimate of drug-likeness (QED) is 0.369. The van der Waals surface area contributed by atoms with Crippen molar-refractivity contribution in [3.8, 4) is 0 Å². The summed E-state index contributed by atoms with van der Waals surface area (Å²) in [4.78, 5) is 12.4. The Morgan fingerprint density at radius 2 is 2.17 bits per heavy atom. The Morgan fingerprint density at radius 3 is 2.50 bits per heavy atom. The second-order valence-electron chi connectivity index (χ2n) is 2.82. The minimum atomic E-state index is -0.756. The van der Waals surface area contributed by atoms with E-state index in [0.717, 1.165) is 0 Å². The van der Waals surface area contributed by atoms with Gasteiger partial charge < -0.3 is 9.84 Å². The van der Waals surface area contributed by atoms with Crippen molar-refractivity contribution in [3.63, 3.8) is 0 Å². The summed E-state index contributed by atoms with van der Waals surface area (Å²) < 4.78 is 4.70. The first-order valence-corrected chi connectivity index (χ1v) is 3.62. The summed E-state index contributed by atoms with van der Waals surface area (Å²) in [6.45, 7) is 4.94. The SMILES string of the molecule is C=C(C)C(=O)OCC(O)N(C)C. The van der Waals surface area contributed by atoms with Gasteiger partial charge >= 0.3 is 5.97 Å². The molecule has 70 valence electrons. The minimum absolute atomic E-state index is 0.0291. The second kappa shape index (κ2) is 4.90. The van der Waals surface area contributed by atoms with Crippen molar-refractivity contribution >= 4 is 5.97 Å². The van der Waals surface area contributed by atoms with Crippen LogP contribution in [0.25, 0.3) is 0 Å². The van der Waals surface area contributed by atoms with E-state index in [1.165, 1.54) is 0 Å². The average Bonchev–Trinajstić information content (AvgIpc) is 1.98. The maximum Gasteiger partial charge on any atom is 0.333 e. The zero-order valence-electron chi connectivity index (χ0n) is 7.70. The third kappa shape index (κ3) is 4.10. The van der Waals surface area contributed by atoms with Crippen molar-refractivity contribution in [2.75, 3.05) is 20.7 Å². The summed E-state index contributed by atoms with van der Waals surface area (Å²) in [7, 11) is 3.39. The number of hydrogen-bond donors (Lipinski definition) is 1. The first-order chi connectivity index (χ1) is 5.45. The molecule has 0 rings (SSSR count). The smallest absolute Gasteiger partial charge is 0.333 e. The molecule has 0 aromatic rings. The Bertz CT molecular complexity index is 177. The first-order valence-electron chi connectivity index (χ1n) is 3.62. The Labute approximate surface area is 72.4 Å². The molecule has 0 aliphatic heterocycles. The molecule has 0 aromatic heterocycles. The Morgan fingerprint density at radius 1 is 1.67 bits per heavy atom. The van der Waals surface area contributed by atoms with Crippen molar-refractivity contribution in [3.05, 3.63) is 12.2 Å². The number of esters is 1. The lowest BCUT2D eigenvalue weighted by atomic mass is 10.4. The van der Waals surface area contributed by atoms with Gasteiger partial charge in [0.1, 0.15) is 12.8 Å². The molecule has 0 spiro atoms. The lowest BCUT2D eigenvalue weighted by Crippen LogP contribution is -2.33. The number of aliphatic hydroxyl groups excluding tert-OH is 1. The van der Waals surface area contributed by atoms with Crippen LogP contribution >= 0.6 is 0 Å². The van der Waals surface area contributed by atoms with Crippen molar-refractivity contribution in [1.82, 2.24) is 4.90 Å². The van der Waals surface area contributed by atoms with Crippen LogP contribution in [0.1, 0.15) is 6.92 Å². The van der Waals surface area contributed by atoms with Crippen LogP contribution in [0, 0.1) is 0 Å². The number of ether oxygens (including phenoxy) is 1. The highest BCUT2D eigenvalue weighted by Gasteiger charge is 2.10. The van der Waals surface area contributed by atoms with Gasteiger partial charge in [0.2, 0.25) is 0 Å². The fraction of sp³-hybridized carbons (Fsp3) is 0.625. The summed E-state index contributed by atoms with van der Waals surface area (Å²) in [5, 5.41) is 9.18. The van der Waals surface area contributed by atoms with Gasteiger partial charge in [-0.25, -0.2) is 4.79 Å². The van der Waals surface area contributed by atoms with E-state index in [0.29, 0.717) is 5.57 Å². The van der Waals surface area contributed by atoms with Gasteiger partial charge in [0.15, 0.2) is 0 Å². The summed E-state index contributed by atoms with van der Waals surface area (Å²) in [5.41, 5.74) is 0.334. The van der Waals surface area contributed by atoms with Gasteiger partial charge in [-0.15, -0.1) is 0 Å². The average molecular weight is 173 g/mol. The normalized spacial score (nSPS) is 12.8. The van der Waals surface area contributed by atoms with Crippen LogP contribution in [0.15, 0.2) is 12.2 Å². The van der Waals surface area contributed by atoms with Crippen LogP contribution in [-0.4, -0.2) is 42.9 Å². The minimum Gasteiger partial charge on any atom is -0.458 e. The summed E-state index contributed by atoms with van der Waals surface area (Å²) >= 11 is 0. The third-order valence-corrected chi connectivity index (χ3v) is 1.31. The predicted molar refractivity (Wildman–Crippen MR) is 45.5 cm³/mol. The maximum absolute atomic E-state index is 10.8. The topological polar surface area (TPSA) is 49.8 Å². The van der Waals surface area contributed by atoms with Crippen LogP contribution in [-0.2, 0) is 9.53 Å². The highest BCUT2D eigenvalue weighted by molar-refractivity contribution is 5.86. The molecule has 0 radical (unpaired) electrons. The van der Waals surface area contributed by atoms with Crippen LogP contribution in [0.4, 0.5) is 0 Å². The Kier molecular flexibility index (Phi) is 4.54. The summed E-state index contributed by atoms with van der Waals surface area (Å²) in [6.07, 6.45) is -0.756. The maximum atomic E-state index is 10.8. The molecule has 0 aliphatic rings. The van der Waals surface area contributed by atoms with Gasteiger partial charge in [-0.3, -0.25) is 4.90 Å². The molecule has 0 heterocycles. The molecule has 4 heteroatoms. The van der Waals surface area contributed by atoms with E-state index < -0.39 is 12.2 Å². The molecule has 4 nitrogen and oxygen atoms in total. The summed E-state index contributed by atoms with van der Waals surface area (Å²) in [6, 6.07) is 0. The Hall–Kier alpha value is -0.870. The highest BCUT2D eigenvalue weighted by Crippen LogP contribution is 1.95. The van der Waals surface area contributed by atoms with Gasteiger partial charge in [-0.1, -0.05) is 6.58 Å². The molecule has 12 heavy (non-hydrogen) atoms. The molecule has 0 aliphatic carbocycles. The van der Waals surface area contributed by atoms with Crippen molar-refractivity contribution in [1.29, 1.82) is 0 Å². The standard InChI is InChI=1S/C8H15NO3/c1-6(2)8(11)12-5-7(10)9(3)4/h7,10H,1,5H2,2-4H3. The molecule has 1 unspecified atom stereocenters. The molecule has 0 saturated carbocycles. The molecule has 0 aromatic carbocycles. The molecule has 1 atom stereocenters. The summed E-state index contributed by atoms with van der Waals surface area (Å²) in [5.74, 6) is -0.476. The number of rotatable bonds is 4. The van der Waals surface area contributed by atoms with E-state index in [4.69, 9.17) is 4.74 Å². The van der Waals surface area contributed by atoms with Crippen LogP contribution in [0.5, 0.6) is 0 Å². The predicted octanol–water partition coefficient (Wildman–Crippen LogP) is -0.0143. The fourth-order valence-electron chi connectivity index (χ4n) is 0.422. The number of likely N-dealkylation sites (N-methyl/N-ethyl adjacent to an activating group) is 1. The van der Waals surface area contributed by atoms with E-state index in [9.17, 15) is 9.90 Å². The van der Waals surface area contributed by atoms with Gasteiger partial charge in [0, 0.05) is 5.57 Å². The lowest BCUT2D eigenvalue weighted by molar-refractivity contribution is -0.145. The van der Waals surface area contributed by atoms with Crippen molar-refractivity contribution in [2.24, 2.45) is 0 Å². The van der Waals surface area contributed by atoms with E-state index in [1.807, 2.05) is 0 Å². The number of carbonyl (C=O) groups is 1. The third-order valence-electron chi connectivity index (χ3n) is 1.31. The van der Waals surface area contributed by atoms with Crippen LogP contribution in [0.2, 0.25) is 0 Å². The second-order valence-corrected chi connectivity index (χ2v) is 2.82. The number of hydrogen-bond acceptors (Lipinski definition) is 4. The molecule has 0 saturated heterocycles. The van der Waals surface area contributed by atoms with Crippen LogP contribution in [0.3, 0.4) is 0 Å². The first kappa shape index (κ1) is 11.1. The monoisotopic (exact) mass is 173 g/mol. The largest absolute Gasteiger partial charge is 0.458 e. The molecule has 1 N–H and O–H groups in total. The molecular formula is C8H15NO3. The van der Waals surface area contributed by atoms with E-state index in [-0.39, 0.29) is 6.61 Å². The van der Waals surface area contributed by atoms with E-state index in [2.05, 4.69) is 6.58 Å². The molecule has 0 amide bonds. The highest BCUT2D eigenvalue weighted by atomic mass is 16.5. The van der Waals surface area contributed by atoms with Gasteiger partial charge in [-0.05, 0) is 21.0 Å². The zero-order chi connectivity index (χ0) is 9.72. The van der Waals surface area contributed by atoms with Gasteiger partial charge in [0.25, 0.3) is 0 Å². The van der Waals surface area contributed by atoms with Crippen molar-refractivity contribution < 1.29 is 14.6 Å². The number of aliphatic hydroxyl groups is 1. The van der Waals surface area contributed by atoms with Gasteiger partial charge in [0.05, 0.1) is 0 Å².